The second-order valence-electron chi connectivity index (χ2n) is 7.61. The number of amides is 2. The van der Waals surface area contributed by atoms with Crippen molar-refractivity contribution in [2.24, 2.45) is 0 Å². The molecular weight excluding hydrogens is 340 g/mol. The van der Waals surface area contributed by atoms with Crippen LogP contribution in [-0.4, -0.2) is 26.7 Å². The number of nitrogens with zero attached hydrogens (tertiary/aromatic N) is 2. The molecule has 0 aliphatic rings. The van der Waals surface area contributed by atoms with Crippen molar-refractivity contribution in [2.75, 3.05) is 5.32 Å². The number of rotatable bonds is 3. The summed E-state index contributed by atoms with van der Waals surface area (Å²) in [6, 6.07) is 10.9. The summed E-state index contributed by atoms with van der Waals surface area (Å²) < 4.78 is 1.76. The number of pyridine rings is 1. The summed E-state index contributed by atoms with van der Waals surface area (Å²) in [5, 5.41) is 5.88. The molecule has 3 aromatic rings. The van der Waals surface area contributed by atoms with E-state index in [4.69, 9.17) is 0 Å². The Morgan fingerprint density at radius 2 is 1.74 bits per heavy atom. The number of aromatic nitrogens is 2. The van der Waals surface area contributed by atoms with E-state index in [-0.39, 0.29) is 17.4 Å². The van der Waals surface area contributed by atoms with Crippen LogP contribution in [0, 0.1) is 13.8 Å². The van der Waals surface area contributed by atoms with Crippen molar-refractivity contribution < 1.29 is 9.59 Å². The van der Waals surface area contributed by atoms with Gasteiger partial charge in [0.1, 0.15) is 11.3 Å². The molecule has 1 aromatic carbocycles. The summed E-state index contributed by atoms with van der Waals surface area (Å²) in [5.74, 6) is -0.426. The number of fused-ring (bicyclic) bond motifs is 1. The number of hydrogen-bond acceptors (Lipinski definition) is 3. The molecule has 0 radical (unpaired) electrons. The number of carbonyl (C=O) groups excluding carboxylic acids is 2. The summed E-state index contributed by atoms with van der Waals surface area (Å²) in [5.41, 5.74) is 3.38. The molecule has 0 saturated carbocycles. The average Bonchev–Trinajstić information content (AvgIpc) is 2.90. The molecule has 140 valence electrons. The minimum Gasteiger partial charge on any atom is -0.347 e. The van der Waals surface area contributed by atoms with Crippen LogP contribution >= 0.6 is 0 Å². The van der Waals surface area contributed by atoms with Crippen molar-refractivity contribution in [3.63, 3.8) is 0 Å². The van der Waals surface area contributed by atoms with Gasteiger partial charge in [-0.15, -0.1) is 0 Å². The van der Waals surface area contributed by atoms with Gasteiger partial charge in [0.15, 0.2) is 0 Å². The number of nitrogens with one attached hydrogen (secondary N) is 2. The molecule has 3 rings (SSSR count). The molecule has 0 unspecified atom stereocenters. The van der Waals surface area contributed by atoms with E-state index in [1.807, 2.05) is 59.0 Å². The van der Waals surface area contributed by atoms with Gasteiger partial charge in [-0.3, -0.25) is 14.0 Å². The molecule has 0 spiro atoms. The lowest BCUT2D eigenvalue weighted by Crippen LogP contribution is -2.40. The number of hydrogen-bond donors (Lipinski definition) is 2. The normalized spacial score (nSPS) is 11.4. The fraction of sp³-hybridized carbons (Fsp3) is 0.286. The summed E-state index contributed by atoms with van der Waals surface area (Å²) in [6.45, 7) is 9.43. The van der Waals surface area contributed by atoms with E-state index in [2.05, 4.69) is 15.6 Å². The topological polar surface area (TPSA) is 75.5 Å². The molecule has 2 N–H and O–H groups in total. The highest BCUT2D eigenvalue weighted by Gasteiger charge is 2.20. The van der Waals surface area contributed by atoms with Crippen LogP contribution in [0.4, 0.5) is 5.69 Å². The van der Waals surface area contributed by atoms with Gasteiger partial charge in [0.25, 0.3) is 11.8 Å². The van der Waals surface area contributed by atoms with Gasteiger partial charge < -0.3 is 10.6 Å². The Balaban J connectivity index is 1.92. The van der Waals surface area contributed by atoms with E-state index in [1.165, 1.54) is 0 Å². The minimum absolute atomic E-state index is 0.165. The van der Waals surface area contributed by atoms with Crippen molar-refractivity contribution >= 4 is 23.1 Å². The summed E-state index contributed by atoms with van der Waals surface area (Å²) in [7, 11) is 0. The lowest BCUT2D eigenvalue weighted by Gasteiger charge is -2.21. The van der Waals surface area contributed by atoms with Crippen molar-refractivity contribution in [3.8, 4) is 0 Å². The fourth-order valence-corrected chi connectivity index (χ4v) is 2.99. The molecule has 2 aromatic heterocycles. The van der Waals surface area contributed by atoms with Gasteiger partial charge in [0, 0.05) is 23.0 Å². The Morgan fingerprint density at radius 1 is 1.00 bits per heavy atom. The lowest BCUT2D eigenvalue weighted by atomic mass is 10.0. The second-order valence-corrected chi connectivity index (χ2v) is 7.61. The zero-order valence-corrected chi connectivity index (χ0v) is 16.3. The molecule has 0 aliphatic carbocycles. The van der Waals surface area contributed by atoms with Gasteiger partial charge in [-0.1, -0.05) is 12.1 Å². The summed E-state index contributed by atoms with van der Waals surface area (Å²) in [4.78, 5) is 29.9. The van der Waals surface area contributed by atoms with E-state index in [0.29, 0.717) is 22.6 Å². The van der Waals surface area contributed by atoms with Crippen LogP contribution in [0.1, 0.15) is 52.9 Å². The van der Waals surface area contributed by atoms with Crippen molar-refractivity contribution in [1.82, 2.24) is 14.7 Å². The molecule has 0 aliphatic heterocycles. The Kier molecular flexibility index (Phi) is 4.74. The van der Waals surface area contributed by atoms with Crippen LogP contribution in [-0.2, 0) is 0 Å². The average molecular weight is 364 g/mol. The van der Waals surface area contributed by atoms with Crippen molar-refractivity contribution in [1.29, 1.82) is 0 Å². The number of aryl methyl sites for hydroxylation is 1. The van der Waals surface area contributed by atoms with Crippen molar-refractivity contribution in [2.45, 2.75) is 40.2 Å². The molecule has 0 saturated heterocycles. The van der Waals surface area contributed by atoms with E-state index in [0.717, 1.165) is 11.2 Å². The molecule has 0 fully saturated rings. The van der Waals surface area contributed by atoms with Gasteiger partial charge in [0.05, 0.1) is 5.69 Å². The van der Waals surface area contributed by atoms with Crippen LogP contribution in [0.15, 0.2) is 42.6 Å². The molecule has 2 amide bonds. The smallest absolute Gasteiger partial charge is 0.274 e. The zero-order chi connectivity index (χ0) is 19.8. The summed E-state index contributed by atoms with van der Waals surface area (Å²) in [6.07, 6.45) is 1.81. The van der Waals surface area contributed by atoms with E-state index in [1.54, 1.807) is 22.6 Å². The van der Waals surface area contributed by atoms with Crippen LogP contribution in [0.3, 0.4) is 0 Å². The third-order valence-electron chi connectivity index (χ3n) is 4.23. The first-order valence-electron chi connectivity index (χ1n) is 8.84. The monoisotopic (exact) mass is 364 g/mol. The quantitative estimate of drug-likeness (QED) is 0.743. The largest absolute Gasteiger partial charge is 0.347 e. The SMILES string of the molecule is Cc1nc2ccccn2c1C(=O)Nc1cccc(C(=O)NC(C)(C)C)c1C. The van der Waals surface area contributed by atoms with Gasteiger partial charge in [-0.05, 0) is 64.4 Å². The predicted molar refractivity (Wildman–Crippen MR) is 106 cm³/mol. The molecule has 0 bridgehead atoms. The number of carbonyl (C=O) groups is 2. The van der Waals surface area contributed by atoms with Crippen LogP contribution in [0.2, 0.25) is 0 Å². The van der Waals surface area contributed by atoms with E-state index >= 15 is 0 Å². The van der Waals surface area contributed by atoms with E-state index in [9.17, 15) is 9.59 Å². The first-order chi connectivity index (χ1) is 12.7. The molecule has 27 heavy (non-hydrogen) atoms. The first-order valence-corrected chi connectivity index (χ1v) is 8.84. The van der Waals surface area contributed by atoms with Gasteiger partial charge >= 0.3 is 0 Å². The number of anilines is 1. The van der Waals surface area contributed by atoms with Gasteiger partial charge in [0.2, 0.25) is 0 Å². The molecular formula is C21H24N4O2. The highest BCUT2D eigenvalue weighted by molar-refractivity contribution is 6.06. The third-order valence-corrected chi connectivity index (χ3v) is 4.23. The minimum atomic E-state index is -0.337. The summed E-state index contributed by atoms with van der Waals surface area (Å²) >= 11 is 0. The van der Waals surface area contributed by atoms with Gasteiger partial charge in [-0.25, -0.2) is 4.98 Å². The highest BCUT2D eigenvalue weighted by Crippen LogP contribution is 2.21. The molecule has 6 heteroatoms. The Bertz CT molecular complexity index is 1030. The molecule has 2 heterocycles. The maximum atomic E-state index is 12.9. The van der Waals surface area contributed by atoms with Crippen LogP contribution in [0.5, 0.6) is 0 Å². The molecule has 0 atom stereocenters. The van der Waals surface area contributed by atoms with E-state index < -0.39 is 0 Å². The van der Waals surface area contributed by atoms with Crippen LogP contribution < -0.4 is 10.6 Å². The fourth-order valence-electron chi connectivity index (χ4n) is 2.99. The number of imidazole rings is 1. The number of benzene rings is 1. The second kappa shape index (κ2) is 6.87. The molecule has 6 nitrogen and oxygen atoms in total. The van der Waals surface area contributed by atoms with Gasteiger partial charge in [-0.2, -0.15) is 0 Å². The Labute approximate surface area is 158 Å². The Hall–Kier alpha value is -3.15. The van der Waals surface area contributed by atoms with Crippen LogP contribution in [0.25, 0.3) is 5.65 Å². The Morgan fingerprint density at radius 3 is 2.44 bits per heavy atom. The zero-order valence-electron chi connectivity index (χ0n) is 16.3. The first kappa shape index (κ1) is 18.6. The maximum absolute atomic E-state index is 12.9. The lowest BCUT2D eigenvalue weighted by molar-refractivity contribution is 0.0917. The van der Waals surface area contributed by atoms with Crippen molar-refractivity contribution in [3.05, 3.63) is 65.1 Å². The predicted octanol–water partition coefficient (Wildman–Crippen LogP) is 3.73. The third kappa shape index (κ3) is 3.84. The maximum Gasteiger partial charge on any atom is 0.274 e. The highest BCUT2D eigenvalue weighted by atomic mass is 16.2. The standard InChI is InChI=1S/C21H24N4O2/c1-13-15(19(26)24-21(3,4)5)9-8-10-16(13)23-20(27)18-14(2)22-17-11-6-7-12-25(17)18/h6-12H,1-5H3,(H,23,27)(H,24,26).